The van der Waals surface area contributed by atoms with E-state index in [9.17, 15) is 13.2 Å². The van der Waals surface area contributed by atoms with Crippen LogP contribution >= 0.6 is 0 Å². The van der Waals surface area contributed by atoms with Crippen molar-refractivity contribution in [2.75, 3.05) is 21.1 Å². The zero-order chi connectivity index (χ0) is 22.7. The topological polar surface area (TPSA) is 139 Å². The molecule has 0 aliphatic carbocycles. The van der Waals surface area contributed by atoms with Crippen LogP contribution in [0.4, 0.5) is 28.7 Å². The molecule has 0 atom stereocenters. The molecule has 162 valence electrons. The number of nitrogens with one attached hydrogen (secondary N) is 3. The average molecular weight is 449 g/mol. The minimum absolute atomic E-state index is 0.0106. The van der Waals surface area contributed by atoms with Crippen LogP contribution in [0.25, 0.3) is 11.0 Å². The van der Waals surface area contributed by atoms with E-state index in [-0.39, 0.29) is 22.4 Å². The first-order chi connectivity index (χ1) is 15.3. The van der Waals surface area contributed by atoms with Gasteiger partial charge < -0.3 is 16.4 Å². The standard InChI is InChI=1S/C22H20N6O3S/c1-14(29)24-16-9-11-18(12-10-16)32(30,31)28-22-21(25-17-6-4-5-15(23)13-17)26-19-7-2-3-8-20(19)27-22/h2-13H,23H2,1H3,(H,24,29)(H,25,26)(H,27,28). The fourth-order valence-corrected chi connectivity index (χ4v) is 4.03. The number of para-hydroxylation sites is 2. The molecule has 0 bridgehead atoms. The highest BCUT2D eigenvalue weighted by Gasteiger charge is 2.19. The lowest BCUT2D eigenvalue weighted by molar-refractivity contribution is -0.114. The third kappa shape index (κ3) is 4.76. The predicted molar refractivity (Wildman–Crippen MR) is 125 cm³/mol. The van der Waals surface area contributed by atoms with Gasteiger partial charge in [0, 0.05) is 24.0 Å². The molecule has 0 spiro atoms. The van der Waals surface area contributed by atoms with Gasteiger partial charge in [-0.3, -0.25) is 9.52 Å². The summed E-state index contributed by atoms with van der Waals surface area (Å²) < 4.78 is 28.5. The number of nitrogens with two attached hydrogens (primary N) is 1. The Morgan fingerprint density at radius 1 is 0.844 bits per heavy atom. The van der Waals surface area contributed by atoms with Gasteiger partial charge in [-0.1, -0.05) is 18.2 Å². The second-order valence-electron chi connectivity index (χ2n) is 6.97. The highest BCUT2D eigenvalue weighted by atomic mass is 32.2. The first-order valence-corrected chi connectivity index (χ1v) is 11.1. The van der Waals surface area contributed by atoms with Crippen molar-refractivity contribution in [1.29, 1.82) is 0 Å². The lowest BCUT2D eigenvalue weighted by Gasteiger charge is -2.14. The van der Waals surface area contributed by atoms with E-state index in [1.807, 2.05) is 6.07 Å². The summed E-state index contributed by atoms with van der Waals surface area (Å²) in [6.07, 6.45) is 0. The van der Waals surface area contributed by atoms with E-state index in [1.54, 1.807) is 42.5 Å². The number of nitrogens with zero attached hydrogens (tertiary/aromatic N) is 2. The highest BCUT2D eigenvalue weighted by Crippen LogP contribution is 2.28. The van der Waals surface area contributed by atoms with E-state index in [0.717, 1.165) is 0 Å². The molecule has 0 fully saturated rings. The monoisotopic (exact) mass is 448 g/mol. The number of fused-ring (bicyclic) bond motifs is 1. The Balaban J connectivity index is 1.71. The average Bonchev–Trinajstić information content (AvgIpc) is 2.74. The second kappa shape index (κ2) is 8.52. The molecule has 3 aromatic carbocycles. The van der Waals surface area contributed by atoms with E-state index in [0.29, 0.717) is 28.1 Å². The maximum atomic E-state index is 13.0. The van der Waals surface area contributed by atoms with Crippen molar-refractivity contribution in [2.24, 2.45) is 0 Å². The van der Waals surface area contributed by atoms with Gasteiger partial charge in [-0.15, -0.1) is 0 Å². The number of carbonyl (C=O) groups excluding carboxylic acids is 1. The first-order valence-electron chi connectivity index (χ1n) is 9.60. The van der Waals surface area contributed by atoms with E-state index in [4.69, 9.17) is 5.73 Å². The van der Waals surface area contributed by atoms with Crippen molar-refractivity contribution in [2.45, 2.75) is 11.8 Å². The fraction of sp³-hybridized carbons (Fsp3) is 0.0455. The molecule has 0 aliphatic rings. The van der Waals surface area contributed by atoms with Gasteiger partial charge in [0.15, 0.2) is 11.6 Å². The molecular formula is C22H20N6O3S. The van der Waals surface area contributed by atoms with E-state index >= 15 is 0 Å². The number of hydrogen-bond acceptors (Lipinski definition) is 7. The van der Waals surface area contributed by atoms with Crippen LogP contribution in [-0.4, -0.2) is 24.3 Å². The maximum absolute atomic E-state index is 13.0. The van der Waals surface area contributed by atoms with Crippen LogP contribution in [-0.2, 0) is 14.8 Å². The smallest absolute Gasteiger partial charge is 0.263 e. The zero-order valence-corrected chi connectivity index (χ0v) is 17.8. The van der Waals surface area contributed by atoms with Crippen molar-refractivity contribution >= 4 is 55.7 Å². The van der Waals surface area contributed by atoms with E-state index in [1.165, 1.54) is 31.2 Å². The molecule has 0 aliphatic heterocycles. The summed E-state index contributed by atoms with van der Waals surface area (Å²) in [7, 11) is -3.98. The third-order valence-electron chi connectivity index (χ3n) is 4.44. The summed E-state index contributed by atoms with van der Waals surface area (Å²) in [5.41, 5.74) is 8.65. The number of sulfonamides is 1. The molecule has 0 saturated carbocycles. The molecule has 10 heteroatoms. The molecule has 1 aromatic heterocycles. The van der Waals surface area contributed by atoms with Gasteiger partial charge in [0.1, 0.15) is 0 Å². The second-order valence-corrected chi connectivity index (χ2v) is 8.65. The van der Waals surface area contributed by atoms with Gasteiger partial charge in [-0.2, -0.15) is 0 Å². The summed E-state index contributed by atoms with van der Waals surface area (Å²) in [5.74, 6) is 0.0206. The van der Waals surface area contributed by atoms with E-state index < -0.39 is 10.0 Å². The Morgan fingerprint density at radius 2 is 1.50 bits per heavy atom. The van der Waals surface area contributed by atoms with Gasteiger partial charge in [0.05, 0.1) is 15.9 Å². The summed E-state index contributed by atoms with van der Waals surface area (Å²) in [6, 6.07) is 19.9. The molecule has 0 radical (unpaired) electrons. The molecule has 32 heavy (non-hydrogen) atoms. The minimum atomic E-state index is -3.98. The summed E-state index contributed by atoms with van der Waals surface area (Å²) in [6.45, 7) is 1.37. The Bertz CT molecular complexity index is 1410. The zero-order valence-electron chi connectivity index (χ0n) is 17.0. The Morgan fingerprint density at radius 3 is 2.12 bits per heavy atom. The molecule has 4 rings (SSSR count). The fourth-order valence-electron chi connectivity index (χ4n) is 3.02. The highest BCUT2D eigenvalue weighted by molar-refractivity contribution is 7.92. The van der Waals surface area contributed by atoms with Crippen LogP contribution in [0.5, 0.6) is 0 Å². The van der Waals surface area contributed by atoms with Crippen molar-refractivity contribution < 1.29 is 13.2 Å². The lowest BCUT2D eigenvalue weighted by atomic mass is 10.2. The SMILES string of the molecule is CC(=O)Nc1ccc(S(=O)(=O)Nc2nc3ccccc3nc2Nc2cccc(N)c2)cc1. The Labute approximate surface area is 184 Å². The summed E-state index contributed by atoms with van der Waals surface area (Å²) in [4.78, 5) is 20.2. The Hall–Kier alpha value is -4.18. The van der Waals surface area contributed by atoms with Crippen molar-refractivity contribution in [3.63, 3.8) is 0 Å². The third-order valence-corrected chi connectivity index (χ3v) is 5.79. The van der Waals surface area contributed by atoms with Gasteiger partial charge in [0.2, 0.25) is 5.91 Å². The maximum Gasteiger partial charge on any atom is 0.263 e. The van der Waals surface area contributed by atoms with Gasteiger partial charge in [0.25, 0.3) is 10.0 Å². The number of nitrogen functional groups attached to an aromatic ring is 1. The Kier molecular flexibility index (Phi) is 5.61. The quantitative estimate of drug-likeness (QED) is 0.330. The molecule has 1 heterocycles. The van der Waals surface area contributed by atoms with Crippen LogP contribution in [0.1, 0.15) is 6.92 Å². The molecule has 9 nitrogen and oxygen atoms in total. The number of benzene rings is 3. The number of carbonyl (C=O) groups is 1. The van der Waals surface area contributed by atoms with Crippen LogP contribution in [0.15, 0.2) is 77.7 Å². The number of anilines is 5. The van der Waals surface area contributed by atoms with Crippen molar-refractivity contribution in [1.82, 2.24) is 9.97 Å². The number of amides is 1. The van der Waals surface area contributed by atoms with Crippen molar-refractivity contribution in [3.05, 3.63) is 72.8 Å². The van der Waals surface area contributed by atoms with Crippen LogP contribution in [0.3, 0.4) is 0 Å². The van der Waals surface area contributed by atoms with Gasteiger partial charge in [-0.05, 0) is 54.6 Å². The normalized spacial score (nSPS) is 11.2. The van der Waals surface area contributed by atoms with Crippen LogP contribution in [0, 0.1) is 0 Å². The largest absolute Gasteiger partial charge is 0.399 e. The first kappa shape index (κ1) is 21.1. The van der Waals surface area contributed by atoms with Crippen LogP contribution < -0.4 is 21.1 Å². The van der Waals surface area contributed by atoms with Gasteiger partial charge >= 0.3 is 0 Å². The molecule has 4 aromatic rings. The van der Waals surface area contributed by atoms with Crippen molar-refractivity contribution in [3.8, 4) is 0 Å². The molecular weight excluding hydrogens is 428 g/mol. The number of rotatable bonds is 6. The summed E-state index contributed by atoms with van der Waals surface area (Å²) >= 11 is 0. The molecule has 1 amide bonds. The summed E-state index contributed by atoms with van der Waals surface area (Å²) in [5, 5.41) is 5.68. The lowest BCUT2D eigenvalue weighted by Crippen LogP contribution is -2.16. The number of hydrogen-bond donors (Lipinski definition) is 4. The van der Waals surface area contributed by atoms with Crippen LogP contribution in [0.2, 0.25) is 0 Å². The molecule has 0 saturated heterocycles. The number of aromatic nitrogens is 2. The van der Waals surface area contributed by atoms with Gasteiger partial charge in [-0.25, -0.2) is 18.4 Å². The van der Waals surface area contributed by atoms with E-state index in [2.05, 4.69) is 25.3 Å². The predicted octanol–water partition coefficient (Wildman–Crippen LogP) is 3.71. The molecule has 5 N–H and O–H groups in total. The minimum Gasteiger partial charge on any atom is -0.399 e. The molecule has 0 unspecified atom stereocenters.